The van der Waals surface area contributed by atoms with Crippen LogP contribution in [0.4, 0.5) is 4.79 Å². The molecular weight excluding hydrogens is 366 g/mol. The predicted octanol–water partition coefficient (Wildman–Crippen LogP) is 3.37. The van der Waals surface area contributed by atoms with Crippen LogP contribution in [-0.4, -0.2) is 72.0 Å². The van der Waals surface area contributed by atoms with Crippen LogP contribution < -0.4 is 0 Å². The fourth-order valence-corrected chi connectivity index (χ4v) is 4.64. The second kappa shape index (κ2) is 10.6. The Labute approximate surface area is 174 Å². The number of hydrogen-bond acceptors (Lipinski definition) is 4. The minimum absolute atomic E-state index is 0.0418. The first-order valence-corrected chi connectivity index (χ1v) is 11.1. The lowest BCUT2D eigenvalue weighted by Crippen LogP contribution is -2.58. The first-order valence-electron chi connectivity index (χ1n) is 11.1. The van der Waals surface area contributed by atoms with Crippen molar-refractivity contribution in [1.82, 2.24) is 14.7 Å². The molecule has 0 aromatic heterocycles. The third-order valence-electron chi connectivity index (χ3n) is 6.35. The second-order valence-electron chi connectivity index (χ2n) is 8.06. The lowest BCUT2D eigenvalue weighted by Gasteiger charge is -2.41. The topological polar surface area (TPSA) is 53.1 Å². The Bertz CT molecular complexity index is 649. The molecule has 1 aromatic rings. The monoisotopic (exact) mass is 401 g/mol. The van der Waals surface area contributed by atoms with Crippen LogP contribution in [-0.2, 0) is 16.1 Å². The van der Waals surface area contributed by atoms with Crippen molar-refractivity contribution in [1.29, 1.82) is 0 Å². The minimum atomic E-state index is -0.263. The molecule has 1 saturated carbocycles. The molecular formula is C23H35N3O3. The molecule has 1 heterocycles. The van der Waals surface area contributed by atoms with E-state index in [1.807, 2.05) is 49.1 Å². The van der Waals surface area contributed by atoms with Gasteiger partial charge in [0.15, 0.2) is 0 Å². The highest BCUT2D eigenvalue weighted by molar-refractivity contribution is 5.82. The number of piperazine rings is 1. The van der Waals surface area contributed by atoms with Gasteiger partial charge >= 0.3 is 6.09 Å². The summed E-state index contributed by atoms with van der Waals surface area (Å²) in [6.45, 7) is 8.59. The number of rotatable bonds is 7. The molecule has 6 heteroatoms. The van der Waals surface area contributed by atoms with E-state index < -0.39 is 0 Å². The number of likely N-dealkylation sites (N-methyl/N-ethyl adjacent to an activating group) is 1. The molecule has 0 N–H and O–H groups in total. The Morgan fingerprint density at radius 1 is 1.03 bits per heavy atom. The zero-order chi connectivity index (χ0) is 20.6. The third kappa shape index (κ3) is 5.50. The Hall–Kier alpha value is -2.08. The quantitative estimate of drug-likeness (QED) is 0.703. The van der Waals surface area contributed by atoms with Crippen molar-refractivity contribution in [3.05, 3.63) is 35.9 Å². The molecule has 1 aromatic carbocycles. The van der Waals surface area contributed by atoms with E-state index in [9.17, 15) is 9.59 Å². The summed E-state index contributed by atoms with van der Waals surface area (Å²) in [7, 11) is 0. The number of benzene rings is 1. The van der Waals surface area contributed by atoms with Gasteiger partial charge in [0.1, 0.15) is 6.61 Å². The largest absolute Gasteiger partial charge is 0.445 e. The summed E-state index contributed by atoms with van der Waals surface area (Å²) in [4.78, 5) is 31.7. The summed E-state index contributed by atoms with van der Waals surface area (Å²) in [6, 6.07) is 9.70. The molecule has 1 saturated heterocycles. The Balaban J connectivity index is 1.56. The van der Waals surface area contributed by atoms with Gasteiger partial charge in [0.25, 0.3) is 0 Å². The normalized spacial score (nSPS) is 19.2. The fourth-order valence-electron chi connectivity index (χ4n) is 4.64. The summed E-state index contributed by atoms with van der Waals surface area (Å²) >= 11 is 0. The average molecular weight is 402 g/mol. The van der Waals surface area contributed by atoms with Crippen molar-refractivity contribution < 1.29 is 14.3 Å². The van der Waals surface area contributed by atoms with Crippen molar-refractivity contribution in [2.45, 2.75) is 52.2 Å². The Morgan fingerprint density at radius 2 is 1.66 bits per heavy atom. The van der Waals surface area contributed by atoms with Crippen LogP contribution >= 0.6 is 0 Å². The lowest BCUT2D eigenvalue weighted by molar-refractivity contribution is -0.139. The van der Waals surface area contributed by atoms with Crippen molar-refractivity contribution in [2.75, 3.05) is 39.3 Å². The first-order chi connectivity index (χ1) is 14.1. The molecule has 160 valence electrons. The molecule has 29 heavy (non-hydrogen) atoms. The van der Waals surface area contributed by atoms with Gasteiger partial charge in [-0.25, -0.2) is 4.79 Å². The molecule has 0 bridgehead atoms. The van der Waals surface area contributed by atoms with Gasteiger partial charge in [0.05, 0.1) is 6.04 Å². The van der Waals surface area contributed by atoms with Gasteiger partial charge in [-0.1, -0.05) is 43.2 Å². The maximum atomic E-state index is 13.2. The highest BCUT2D eigenvalue weighted by atomic mass is 16.6. The van der Waals surface area contributed by atoms with Crippen LogP contribution in [0.3, 0.4) is 0 Å². The van der Waals surface area contributed by atoms with E-state index in [0.29, 0.717) is 25.6 Å². The van der Waals surface area contributed by atoms with E-state index in [-0.39, 0.29) is 18.0 Å². The maximum absolute atomic E-state index is 13.2. The van der Waals surface area contributed by atoms with Crippen LogP contribution in [0, 0.1) is 5.92 Å². The summed E-state index contributed by atoms with van der Waals surface area (Å²) in [5.74, 6) is 0.710. The van der Waals surface area contributed by atoms with Crippen LogP contribution in [0.1, 0.15) is 45.1 Å². The van der Waals surface area contributed by atoms with Gasteiger partial charge in [-0.05, 0) is 38.2 Å². The zero-order valence-corrected chi connectivity index (χ0v) is 17.9. The van der Waals surface area contributed by atoms with Gasteiger partial charge in [-0.2, -0.15) is 0 Å². The number of carbonyl (C=O) groups excluding carboxylic acids is 2. The van der Waals surface area contributed by atoms with Gasteiger partial charge in [-0.3, -0.25) is 9.69 Å². The van der Waals surface area contributed by atoms with E-state index in [1.165, 1.54) is 12.8 Å². The third-order valence-corrected chi connectivity index (χ3v) is 6.35. The Morgan fingerprint density at radius 3 is 2.24 bits per heavy atom. The van der Waals surface area contributed by atoms with Crippen molar-refractivity contribution >= 4 is 12.0 Å². The number of ether oxygens (including phenoxy) is 1. The smallest absolute Gasteiger partial charge is 0.410 e. The Kier molecular flexibility index (Phi) is 7.92. The van der Waals surface area contributed by atoms with Crippen LogP contribution in [0.2, 0.25) is 0 Å². The summed E-state index contributed by atoms with van der Waals surface area (Å²) < 4.78 is 5.48. The van der Waals surface area contributed by atoms with Crippen molar-refractivity contribution in [2.24, 2.45) is 5.92 Å². The molecule has 6 nitrogen and oxygen atoms in total. The number of hydrogen-bond donors (Lipinski definition) is 0. The minimum Gasteiger partial charge on any atom is -0.445 e. The van der Waals surface area contributed by atoms with Crippen LogP contribution in [0.25, 0.3) is 0 Å². The molecule has 1 aliphatic carbocycles. The second-order valence-corrected chi connectivity index (χ2v) is 8.06. The molecule has 2 aliphatic rings. The highest BCUT2D eigenvalue weighted by Gasteiger charge is 2.38. The average Bonchev–Trinajstić information content (AvgIpc) is 3.28. The molecule has 2 amide bonds. The summed E-state index contributed by atoms with van der Waals surface area (Å²) in [5.41, 5.74) is 0.991. The zero-order valence-electron chi connectivity index (χ0n) is 17.9. The predicted molar refractivity (Wildman–Crippen MR) is 113 cm³/mol. The van der Waals surface area contributed by atoms with Crippen molar-refractivity contribution in [3.8, 4) is 0 Å². The molecule has 1 unspecified atom stereocenters. The highest BCUT2D eigenvalue weighted by Crippen LogP contribution is 2.32. The number of amides is 2. The van der Waals surface area contributed by atoms with Gasteiger partial charge in [0, 0.05) is 39.3 Å². The van der Waals surface area contributed by atoms with E-state index in [0.717, 1.165) is 44.6 Å². The van der Waals surface area contributed by atoms with E-state index >= 15 is 0 Å². The van der Waals surface area contributed by atoms with Gasteiger partial charge < -0.3 is 14.5 Å². The van der Waals surface area contributed by atoms with Gasteiger partial charge in [-0.15, -0.1) is 0 Å². The van der Waals surface area contributed by atoms with E-state index in [1.54, 1.807) is 4.90 Å². The number of nitrogens with zero attached hydrogens (tertiary/aromatic N) is 3. The molecule has 0 spiro atoms. The molecule has 1 atom stereocenters. The number of carbonyl (C=O) groups is 2. The standard InChI is InChI=1S/C23H35N3O3/c1-3-24(4-2)22(27)21(20-12-8-9-13-20)25-14-16-26(17-15-25)23(28)29-18-19-10-6-5-7-11-19/h5-7,10-11,20-21H,3-4,8-9,12-18H2,1-2H3. The van der Waals surface area contributed by atoms with E-state index in [4.69, 9.17) is 4.74 Å². The molecule has 2 fully saturated rings. The van der Waals surface area contributed by atoms with Gasteiger partial charge in [0.2, 0.25) is 5.91 Å². The SMILES string of the molecule is CCN(CC)C(=O)C(C1CCCC1)N1CCN(C(=O)OCc2ccccc2)CC1. The van der Waals surface area contributed by atoms with E-state index in [2.05, 4.69) is 4.90 Å². The molecule has 0 radical (unpaired) electrons. The lowest BCUT2D eigenvalue weighted by atomic mass is 9.94. The fraction of sp³-hybridized carbons (Fsp3) is 0.652. The maximum Gasteiger partial charge on any atom is 0.410 e. The molecule has 1 aliphatic heterocycles. The molecule has 3 rings (SSSR count). The first kappa shape index (κ1) is 21.6. The van der Waals surface area contributed by atoms with Crippen LogP contribution in [0.5, 0.6) is 0 Å². The summed E-state index contributed by atoms with van der Waals surface area (Å²) in [6.07, 6.45) is 4.45. The summed E-state index contributed by atoms with van der Waals surface area (Å²) in [5, 5.41) is 0. The van der Waals surface area contributed by atoms with Crippen molar-refractivity contribution in [3.63, 3.8) is 0 Å². The van der Waals surface area contributed by atoms with Crippen LogP contribution in [0.15, 0.2) is 30.3 Å².